The van der Waals surface area contributed by atoms with Crippen molar-refractivity contribution < 1.29 is 51.0 Å². The number of aliphatic imine (C=N–C) groups is 3. The molecule has 3 N–H and O–H groups in total. The lowest BCUT2D eigenvalue weighted by Gasteiger charge is -2.13. The number of nitrogen functional groups attached to an aromatic ring is 1. The fraction of sp³-hybridized carbons (Fsp3) is 0.207. The van der Waals surface area contributed by atoms with E-state index in [4.69, 9.17) is 31.4 Å². The SMILES string of the molecule is C#C[Si](C)(C)C.C1CCOC1.CCOC(=O)c1ncn2c1CN=C(c1ccccc1F)c1cc(Br)ccc1-2.CCOC(=O)c1ncn2c1CN=C(c1ccccc1F)c1cc(C#C[Si](C)(C)C)ccc1-2.Nc1ccc(Br)cc1C(=O)c1ccccc1F.O=C1CN=C(c2ccccc2F)c2cc(Br)ccc2N1. The number of imidazole rings is 2. The van der Waals surface area contributed by atoms with Crippen LogP contribution in [0.4, 0.5) is 28.9 Å². The Kier molecular flexibility index (Phi) is 28.2. The van der Waals surface area contributed by atoms with Crippen molar-refractivity contribution in [3.63, 3.8) is 0 Å². The van der Waals surface area contributed by atoms with Gasteiger partial charge in [0.15, 0.2) is 17.2 Å². The maximum Gasteiger partial charge on any atom is 0.358 e. The highest BCUT2D eigenvalue weighted by atomic mass is 79.9. The number of nitrogens with one attached hydrogen (secondary N) is 1. The van der Waals surface area contributed by atoms with Gasteiger partial charge in [-0.05, 0) is 148 Å². The van der Waals surface area contributed by atoms with E-state index >= 15 is 0 Å². The number of anilines is 2. The van der Waals surface area contributed by atoms with Crippen molar-refractivity contribution in [2.45, 2.75) is 79.1 Å². The number of rotatable bonds is 9. The molecule has 6 heterocycles. The van der Waals surface area contributed by atoms with Crippen LogP contribution < -0.4 is 11.1 Å². The summed E-state index contributed by atoms with van der Waals surface area (Å²) < 4.78 is 78.0. The molecule has 14 rings (SSSR count). The van der Waals surface area contributed by atoms with Gasteiger partial charge < -0.3 is 25.3 Å². The number of benzene rings is 8. The number of esters is 2. The molecule has 8 aromatic carbocycles. The zero-order chi connectivity index (χ0) is 77.1. The molecule has 0 saturated carbocycles. The maximum atomic E-state index is 14.8. The minimum atomic E-state index is -1.57. The number of nitrogens with zero attached hydrogens (tertiary/aromatic N) is 7. The number of halogens is 7. The van der Waals surface area contributed by atoms with E-state index in [0.717, 1.165) is 54.7 Å². The third-order valence-corrected chi connectivity index (χ3v) is 19.1. The quantitative estimate of drug-likeness (QED) is 0.0349. The largest absolute Gasteiger partial charge is 0.461 e. The van der Waals surface area contributed by atoms with Crippen LogP contribution in [0.15, 0.2) is 211 Å². The number of carbonyl (C=O) groups is 4. The topological polar surface area (TPSA) is 207 Å². The zero-order valence-corrected chi connectivity index (χ0v) is 66.7. The molecule has 0 radical (unpaired) electrons. The van der Waals surface area contributed by atoms with E-state index in [2.05, 4.69) is 129 Å². The summed E-state index contributed by atoms with van der Waals surface area (Å²) in [6, 6.07) is 47.2. The third kappa shape index (κ3) is 21.3. The number of ether oxygens (including phenoxy) is 3. The molecule has 25 heteroatoms. The second-order valence-electron chi connectivity index (χ2n) is 26.1. The second kappa shape index (κ2) is 37.3. The van der Waals surface area contributed by atoms with E-state index in [1.807, 2.05) is 57.7 Å². The number of terminal acetylenes is 1. The second-order valence-corrected chi connectivity index (χ2v) is 38.4. The van der Waals surface area contributed by atoms with Gasteiger partial charge in [0.25, 0.3) is 0 Å². The van der Waals surface area contributed by atoms with Crippen LogP contribution in [0.5, 0.6) is 0 Å². The van der Waals surface area contributed by atoms with Gasteiger partial charge in [0.1, 0.15) is 58.6 Å². The minimum absolute atomic E-state index is 0.0179. The molecule has 0 atom stereocenters. The van der Waals surface area contributed by atoms with E-state index in [0.29, 0.717) is 67.7 Å². The Morgan fingerprint density at radius 2 is 0.972 bits per heavy atom. The lowest BCUT2D eigenvalue weighted by molar-refractivity contribution is -0.114. The average Bonchev–Trinajstić information content (AvgIpc) is 1.65. The number of ketones is 1. The Hall–Kier alpha value is -10.3. The third-order valence-electron chi connectivity index (χ3n) is 15.9. The molecule has 548 valence electrons. The van der Waals surface area contributed by atoms with E-state index < -0.39 is 39.7 Å². The van der Waals surface area contributed by atoms with E-state index in [1.54, 1.807) is 111 Å². The van der Waals surface area contributed by atoms with Crippen molar-refractivity contribution in [1.82, 2.24) is 19.1 Å². The normalized spacial score (nSPS) is 12.9. The number of benzodiazepines with no additional fused rings is 1. The summed E-state index contributed by atoms with van der Waals surface area (Å²) in [7, 11) is -2.67. The van der Waals surface area contributed by atoms with Crippen LogP contribution >= 0.6 is 47.8 Å². The minimum Gasteiger partial charge on any atom is -0.461 e. The van der Waals surface area contributed by atoms with Gasteiger partial charge in [0.05, 0.1) is 77.5 Å². The summed E-state index contributed by atoms with van der Waals surface area (Å²) in [5.41, 5.74) is 22.1. The molecule has 1 fully saturated rings. The predicted molar refractivity (Wildman–Crippen MR) is 429 cm³/mol. The smallest absolute Gasteiger partial charge is 0.358 e. The molecule has 0 spiro atoms. The van der Waals surface area contributed by atoms with Gasteiger partial charge in [0, 0.05) is 76.8 Å². The number of fused-ring (bicyclic) bond motifs is 7. The Labute approximate surface area is 646 Å². The monoisotopic (exact) mass is 1670 g/mol. The van der Waals surface area contributed by atoms with Gasteiger partial charge >= 0.3 is 11.9 Å². The first kappa shape index (κ1) is 80.8. The molecule has 4 aliphatic heterocycles. The Morgan fingerprint density at radius 1 is 0.542 bits per heavy atom. The fourth-order valence-electron chi connectivity index (χ4n) is 10.8. The summed E-state index contributed by atoms with van der Waals surface area (Å²) in [6.07, 6.45) is 10.8. The number of hydrogen-bond acceptors (Lipinski definition) is 13. The van der Waals surface area contributed by atoms with Crippen LogP contribution in [0.1, 0.15) is 114 Å². The number of hydrogen-bond donors (Lipinski definition) is 2. The van der Waals surface area contributed by atoms with E-state index in [-0.39, 0.29) is 73.2 Å². The molecule has 0 unspecified atom stereocenters. The molecule has 0 aliphatic carbocycles. The standard InChI is InChI=1S/C25H24FN3O2Si.C20H15BrFN3O2.C15H10BrFN2O.C13H9BrFNO.C5H10Si.C4H8O/c1-5-31-25(30)24-22-15-27-23(18-8-6-7-9-20(18)26)19-14-17(12-13-32(2,3)4)10-11-21(19)29(22)16-28-24;1-2-27-20(26)19-17-10-23-18(13-5-3-4-6-15(13)22)14-9-12(21)7-8-16(14)25(17)11-24-19;16-9-5-6-13-11(7-9)15(18-8-14(20)19-13)10-3-1-2-4-12(10)17;14-8-5-6-12(16)10(7-8)13(17)9-3-1-2-4-11(9)15;1-5-6(2,3)4;1-2-4-5-3-1/h6-11,14,16H,5,15H2,1-4H3;3-9,11H,2,10H2,1H3;1-7H,8H2,(H,19,20);1-7H,16H2;1H,2-4H3;1-4H2. The molecule has 107 heavy (non-hydrogen) atoms. The first-order valence-electron chi connectivity index (χ1n) is 34.0. The van der Waals surface area contributed by atoms with Gasteiger partial charge in [-0.15, -0.1) is 17.5 Å². The Balaban J connectivity index is 0.000000160. The first-order chi connectivity index (χ1) is 51.2. The van der Waals surface area contributed by atoms with Crippen LogP contribution in [0, 0.1) is 46.7 Å². The van der Waals surface area contributed by atoms with Crippen molar-refractivity contribution in [3.8, 4) is 34.8 Å². The Morgan fingerprint density at radius 3 is 1.44 bits per heavy atom. The van der Waals surface area contributed by atoms with Gasteiger partial charge in [-0.1, -0.05) is 142 Å². The summed E-state index contributed by atoms with van der Waals surface area (Å²) in [4.78, 5) is 70.6. The number of amides is 1. The maximum absolute atomic E-state index is 14.8. The molecule has 10 aromatic rings. The highest BCUT2D eigenvalue weighted by Crippen LogP contribution is 2.33. The van der Waals surface area contributed by atoms with Crippen LogP contribution in [0.25, 0.3) is 11.4 Å². The molecule has 16 nitrogen and oxygen atoms in total. The van der Waals surface area contributed by atoms with Crippen molar-refractivity contribution in [2.75, 3.05) is 44.0 Å². The van der Waals surface area contributed by atoms with Gasteiger partial charge in [-0.25, -0.2) is 37.1 Å². The molecule has 2 aromatic heterocycles. The highest BCUT2D eigenvalue weighted by molar-refractivity contribution is 9.11. The Bertz CT molecular complexity index is 5170. The van der Waals surface area contributed by atoms with Crippen molar-refractivity contribution in [3.05, 3.63) is 292 Å². The summed E-state index contributed by atoms with van der Waals surface area (Å²) in [5.74, 6) is 0.0553. The molecule has 1 saturated heterocycles. The predicted octanol–water partition coefficient (Wildman–Crippen LogP) is 18.1. The zero-order valence-electron chi connectivity index (χ0n) is 60.0. The highest BCUT2D eigenvalue weighted by Gasteiger charge is 2.29. The average molecular weight is 1670 g/mol. The lowest BCUT2D eigenvalue weighted by atomic mass is 9.98. The first-order valence-corrected chi connectivity index (χ1v) is 43.4. The van der Waals surface area contributed by atoms with Gasteiger partial charge in [-0.2, -0.15) is 0 Å². The van der Waals surface area contributed by atoms with Crippen LogP contribution in [0.3, 0.4) is 0 Å². The fourth-order valence-corrected chi connectivity index (χ4v) is 12.4. The van der Waals surface area contributed by atoms with E-state index in [9.17, 15) is 36.7 Å². The van der Waals surface area contributed by atoms with Gasteiger partial charge in [-0.3, -0.25) is 33.7 Å². The molecular weight excluding hydrogens is 1590 g/mol. The van der Waals surface area contributed by atoms with Crippen molar-refractivity contribution in [1.29, 1.82) is 0 Å². The van der Waals surface area contributed by atoms with Gasteiger partial charge in [0.2, 0.25) is 5.91 Å². The van der Waals surface area contributed by atoms with Crippen LogP contribution in [0.2, 0.25) is 39.3 Å². The molecule has 0 bridgehead atoms. The van der Waals surface area contributed by atoms with E-state index in [1.165, 1.54) is 49.2 Å². The van der Waals surface area contributed by atoms with Crippen molar-refractivity contribution >= 4 is 116 Å². The number of aromatic nitrogens is 4. The van der Waals surface area contributed by atoms with Crippen molar-refractivity contribution in [2.24, 2.45) is 15.0 Å². The molecular formula is C82H76Br3F4N9O7Si2. The molecule has 4 aliphatic rings. The van der Waals surface area contributed by atoms with Crippen LogP contribution in [-0.4, -0.2) is 109 Å². The lowest BCUT2D eigenvalue weighted by Crippen LogP contribution is -2.16. The summed E-state index contributed by atoms with van der Waals surface area (Å²) in [6.45, 7) is 19.3. The number of carbonyl (C=O) groups excluding carboxylic acids is 4. The summed E-state index contributed by atoms with van der Waals surface area (Å²) in [5, 5.41) is 2.77. The number of nitrogens with two attached hydrogens (primary N) is 1. The van der Waals surface area contributed by atoms with Crippen LogP contribution in [-0.2, 0) is 32.1 Å². The molecule has 1 amide bonds. The summed E-state index contributed by atoms with van der Waals surface area (Å²) >= 11 is 10.1.